The molecule has 7 heteroatoms. The highest BCUT2D eigenvalue weighted by Crippen LogP contribution is 2.31. The molecule has 1 saturated heterocycles. The van der Waals surface area contributed by atoms with Gasteiger partial charge in [0.25, 0.3) is 5.91 Å². The van der Waals surface area contributed by atoms with Crippen LogP contribution in [0.3, 0.4) is 0 Å². The Kier molecular flexibility index (Phi) is 3.40. The average molecular weight is 284 g/mol. The molecule has 19 heavy (non-hydrogen) atoms. The third kappa shape index (κ3) is 2.81. The summed E-state index contributed by atoms with van der Waals surface area (Å²) in [7, 11) is -3.87. The van der Waals surface area contributed by atoms with Crippen LogP contribution in [0.5, 0.6) is 5.75 Å². The van der Waals surface area contributed by atoms with Crippen LogP contribution in [0.25, 0.3) is 0 Å². The molecular weight excluding hydrogens is 268 g/mol. The summed E-state index contributed by atoms with van der Waals surface area (Å²) in [6.45, 7) is 3.80. The average Bonchev–Trinajstić information content (AvgIpc) is 2.51. The number of phenols is 1. The summed E-state index contributed by atoms with van der Waals surface area (Å²) >= 11 is 0. The van der Waals surface area contributed by atoms with Crippen molar-refractivity contribution in [3.8, 4) is 5.75 Å². The number of hydrogen-bond donors (Lipinski definition) is 2. The lowest BCUT2D eigenvalue weighted by Gasteiger charge is -2.17. The monoisotopic (exact) mass is 284 g/mol. The zero-order valence-corrected chi connectivity index (χ0v) is 11.6. The number of anilines is 1. The Hall–Kier alpha value is -1.76. The number of hydrogen-bond acceptors (Lipinski definition) is 4. The first-order valence-electron chi connectivity index (χ1n) is 5.95. The number of aromatic hydroxyl groups is 1. The second kappa shape index (κ2) is 4.73. The maximum Gasteiger partial charge on any atom is 0.326 e. The van der Waals surface area contributed by atoms with Crippen LogP contribution in [-0.4, -0.2) is 26.0 Å². The van der Waals surface area contributed by atoms with Crippen LogP contribution >= 0.6 is 0 Å². The van der Waals surface area contributed by atoms with E-state index < -0.39 is 16.1 Å². The van der Waals surface area contributed by atoms with E-state index in [-0.39, 0.29) is 18.0 Å². The van der Waals surface area contributed by atoms with Crippen LogP contribution in [0.15, 0.2) is 18.2 Å². The van der Waals surface area contributed by atoms with Gasteiger partial charge in [-0.05, 0) is 30.0 Å². The fourth-order valence-corrected chi connectivity index (χ4v) is 3.20. The van der Waals surface area contributed by atoms with E-state index in [0.29, 0.717) is 5.92 Å². The van der Waals surface area contributed by atoms with Gasteiger partial charge in [0.05, 0.1) is 5.69 Å². The number of phenolic OH excluding ortho intramolecular Hbond substituents is 1. The molecule has 1 aromatic carbocycles. The van der Waals surface area contributed by atoms with Crippen LogP contribution in [0, 0.1) is 5.92 Å². The number of nitrogens with one attached hydrogen (secondary N) is 1. The van der Waals surface area contributed by atoms with Crippen LogP contribution in [0.1, 0.15) is 19.4 Å². The highest BCUT2D eigenvalue weighted by molar-refractivity contribution is 7.92. The van der Waals surface area contributed by atoms with Crippen molar-refractivity contribution in [1.82, 2.24) is 4.72 Å². The predicted octanol–water partition coefficient (Wildman–Crippen LogP) is 0.772. The number of benzene rings is 1. The van der Waals surface area contributed by atoms with Crippen LogP contribution in [0.4, 0.5) is 5.69 Å². The van der Waals surface area contributed by atoms with Crippen molar-refractivity contribution in [1.29, 1.82) is 0 Å². The molecule has 1 aliphatic rings. The lowest BCUT2D eigenvalue weighted by atomic mass is 10.0. The summed E-state index contributed by atoms with van der Waals surface area (Å²) in [4.78, 5) is 11.2. The molecule has 0 saturated carbocycles. The quantitative estimate of drug-likeness (QED) is 0.858. The van der Waals surface area contributed by atoms with Crippen molar-refractivity contribution in [2.45, 2.75) is 20.3 Å². The Morgan fingerprint density at radius 3 is 2.58 bits per heavy atom. The second-order valence-electron chi connectivity index (χ2n) is 4.96. The van der Waals surface area contributed by atoms with E-state index in [1.165, 1.54) is 12.1 Å². The van der Waals surface area contributed by atoms with Gasteiger partial charge in [0.2, 0.25) is 0 Å². The van der Waals surface area contributed by atoms with Gasteiger partial charge in [0.1, 0.15) is 12.3 Å². The predicted molar refractivity (Wildman–Crippen MR) is 71.1 cm³/mol. The first-order valence-corrected chi connectivity index (χ1v) is 7.39. The topological polar surface area (TPSA) is 86.7 Å². The van der Waals surface area contributed by atoms with Gasteiger partial charge in [-0.2, -0.15) is 8.42 Å². The van der Waals surface area contributed by atoms with Gasteiger partial charge in [-0.1, -0.05) is 19.9 Å². The van der Waals surface area contributed by atoms with Gasteiger partial charge < -0.3 is 5.11 Å². The number of carbonyl (C=O) groups excluding carboxylic acids is 1. The molecule has 1 heterocycles. The molecule has 0 aromatic heterocycles. The zero-order chi connectivity index (χ0) is 14.2. The molecule has 0 radical (unpaired) electrons. The highest BCUT2D eigenvalue weighted by atomic mass is 32.2. The maximum absolute atomic E-state index is 11.7. The van der Waals surface area contributed by atoms with Crippen LogP contribution in [0.2, 0.25) is 0 Å². The molecule has 0 bridgehead atoms. The van der Waals surface area contributed by atoms with Gasteiger partial charge in [-0.15, -0.1) is 0 Å². The summed E-state index contributed by atoms with van der Waals surface area (Å²) < 4.78 is 26.1. The van der Waals surface area contributed by atoms with E-state index >= 15 is 0 Å². The van der Waals surface area contributed by atoms with E-state index in [2.05, 4.69) is 13.8 Å². The molecule has 1 amide bonds. The smallest absolute Gasteiger partial charge is 0.326 e. The molecule has 1 aromatic rings. The number of rotatable bonds is 3. The van der Waals surface area contributed by atoms with Gasteiger partial charge in [0, 0.05) is 0 Å². The molecule has 0 atom stereocenters. The molecule has 0 unspecified atom stereocenters. The molecule has 2 N–H and O–H groups in total. The minimum absolute atomic E-state index is 0.117. The Labute approximate surface area is 112 Å². The van der Waals surface area contributed by atoms with Gasteiger partial charge >= 0.3 is 10.2 Å². The zero-order valence-electron chi connectivity index (χ0n) is 10.8. The molecule has 1 aliphatic heterocycles. The largest absolute Gasteiger partial charge is 0.506 e. The Bertz CT molecular complexity index is 610. The number of carbonyl (C=O) groups is 1. The van der Waals surface area contributed by atoms with Crippen molar-refractivity contribution in [3.63, 3.8) is 0 Å². The van der Waals surface area contributed by atoms with Gasteiger partial charge in [0.15, 0.2) is 0 Å². The van der Waals surface area contributed by atoms with E-state index in [1.54, 1.807) is 6.07 Å². The van der Waals surface area contributed by atoms with Gasteiger partial charge in [-0.25, -0.2) is 9.03 Å². The summed E-state index contributed by atoms with van der Waals surface area (Å²) in [6, 6.07) is 4.81. The minimum atomic E-state index is -3.87. The SMILES string of the molecule is CC(C)Cc1ccc(N2CC(=O)NS2(=O)=O)c(O)c1. The van der Waals surface area contributed by atoms with Crippen molar-refractivity contribution in [2.24, 2.45) is 5.92 Å². The van der Waals surface area contributed by atoms with E-state index in [9.17, 15) is 18.3 Å². The highest BCUT2D eigenvalue weighted by Gasteiger charge is 2.35. The fourth-order valence-electron chi connectivity index (χ4n) is 2.04. The maximum atomic E-state index is 11.7. The molecule has 0 aliphatic carbocycles. The Morgan fingerprint density at radius 2 is 2.11 bits per heavy atom. The Balaban J connectivity index is 2.34. The third-order valence-electron chi connectivity index (χ3n) is 2.77. The lowest BCUT2D eigenvalue weighted by molar-refractivity contribution is -0.117. The summed E-state index contributed by atoms with van der Waals surface area (Å²) in [5, 5.41) is 9.94. The summed E-state index contributed by atoms with van der Waals surface area (Å²) in [5.41, 5.74) is 1.04. The van der Waals surface area contributed by atoms with Crippen molar-refractivity contribution < 1.29 is 18.3 Å². The lowest BCUT2D eigenvalue weighted by Crippen LogP contribution is -2.29. The normalized spacial score (nSPS) is 17.8. The standard InChI is InChI=1S/C12H16N2O4S/c1-8(2)5-9-3-4-10(11(15)6-9)14-7-12(16)13-19(14,17)18/h3-4,6,8,15H,5,7H2,1-2H3,(H,13,16). The molecule has 1 fully saturated rings. The molecule has 0 spiro atoms. The first-order chi connectivity index (χ1) is 8.79. The molecule has 104 valence electrons. The van der Waals surface area contributed by atoms with Gasteiger partial charge in [-0.3, -0.25) is 4.79 Å². The molecule has 2 rings (SSSR count). The third-order valence-corrected chi connectivity index (χ3v) is 4.16. The van der Waals surface area contributed by atoms with Crippen LogP contribution < -0.4 is 9.03 Å². The molecular formula is C12H16N2O4S. The molecule has 6 nitrogen and oxygen atoms in total. The van der Waals surface area contributed by atoms with E-state index in [4.69, 9.17) is 0 Å². The minimum Gasteiger partial charge on any atom is -0.506 e. The second-order valence-corrected chi connectivity index (χ2v) is 6.55. The fraction of sp³-hybridized carbons (Fsp3) is 0.417. The van der Waals surface area contributed by atoms with E-state index in [1.807, 2.05) is 4.72 Å². The number of nitrogens with zero attached hydrogens (tertiary/aromatic N) is 1. The summed E-state index contributed by atoms with van der Waals surface area (Å²) in [6.07, 6.45) is 0.789. The first kappa shape index (κ1) is 13.7. The van der Waals surface area contributed by atoms with Crippen molar-refractivity contribution in [3.05, 3.63) is 23.8 Å². The van der Waals surface area contributed by atoms with Crippen LogP contribution in [-0.2, 0) is 21.4 Å². The van der Waals surface area contributed by atoms with E-state index in [0.717, 1.165) is 16.3 Å². The summed E-state index contributed by atoms with van der Waals surface area (Å²) in [5.74, 6) is -0.312. The Morgan fingerprint density at radius 1 is 1.42 bits per heavy atom. The van der Waals surface area contributed by atoms with Crippen molar-refractivity contribution >= 4 is 21.8 Å². The van der Waals surface area contributed by atoms with Crippen molar-refractivity contribution in [2.75, 3.05) is 10.8 Å². The number of amides is 1.